The zero-order chi connectivity index (χ0) is 12.4. The molecule has 1 unspecified atom stereocenters. The van der Waals surface area contributed by atoms with Crippen LogP contribution in [0.25, 0.3) is 0 Å². The maximum Gasteiger partial charge on any atom is 0.223 e. The number of hydrogen-bond acceptors (Lipinski definition) is 1. The Morgan fingerprint density at radius 2 is 2.12 bits per heavy atom. The maximum atomic E-state index is 11.7. The van der Waals surface area contributed by atoms with Gasteiger partial charge in [0.05, 0.1) is 10.0 Å². The smallest absolute Gasteiger partial charge is 0.223 e. The number of likely N-dealkylation sites (tertiary alicyclic amines) is 1. The van der Waals surface area contributed by atoms with Crippen molar-refractivity contribution in [2.24, 2.45) is 5.92 Å². The van der Waals surface area contributed by atoms with E-state index in [1.807, 2.05) is 12.1 Å². The van der Waals surface area contributed by atoms with Crippen molar-refractivity contribution in [3.8, 4) is 0 Å². The van der Waals surface area contributed by atoms with E-state index in [4.69, 9.17) is 34.8 Å². The van der Waals surface area contributed by atoms with Gasteiger partial charge in [0.2, 0.25) is 5.91 Å². The fourth-order valence-corrected chi connectivity index (χ4v) is 2.57. The Balaban J connectivity index is 2.11. The highest BCUT2D eigenvalue weighted by Crippen LogP contribution is 2.28. The third kappa shape index (κ3) is 2.87. The first kappa shape index (κ1) is 13.0. The molecular weight excluding hydrogens is 280 g/mol. The van der Waals surface area contributed by atoms with Crippen LogP contribution in [0.15, 0.2) is 18.2 Å². The van der Waals surface area contributed by atoms with E-state index in [0.29, 0.717) is 35.4 Å². The summed E-state index contributed by atoms with van der Waals surface area (Å²) < 4.78 is 0. The average Bonchev–Trinajstić information content (AvgIpc) is 2.66. The molecule has 0 radical (unpaired) electrons. The zero-order valence-electron chi connectivity index (χ0n) is 9.13. The van der Waals surface area contributed by atoms with Crippen molar-refractivity contribution in [3.63, 3.8) is 0 Å². The Morgan fingerprint density at radius 3 is 2.76 bits per heavy atom. The molecule has 1 aromatic rings. The molecule has 1 aliphatic rings. The Hall–Kier alpha value is -0.440. The molecule has 17 heavy (non-hydrogen) atoms. The topological polar surface area (TPSA) is 20.3 Å². The third-order valence-electron chi connectivity index (χ3n) is 2.91. The minimum Gasteiger partial charge on any atom is -0.338 e. The molecule has 0 aliphatic carbocycles. The molecule has 1 fully saturated rings. The minimum absolute atomic E-state index is 0.131. The molecular formula is C12H12Cl3NO. The van der Waals surface area contributed by atoms with Gasteiger partial charge in [-0.3, -0.25) is 4.79 Å². The molecule has 0 N–H and O–H groups in total. The molecule has 1 saturated heterocycles. The standard InChI is InChI=1S/C12H12Cl3NO/c13-5-8-4-11(17)16(6-8)7-9-2-1-3-10(14)12(9)15/h1-3,8H,4-7H2. The summed E-state index contributed by atoms with van der Waals surface area (Å²) in [6.45, 7) is 1.21. The van der Waals surface area contributed by atoms with E-state index in [2.05, 4.69) is 0 Å². The molecule has 2 rings (SSSR count). The predicted molar refractivity (Wildman–Crippen MR) is 70.7 cm³/mol. The summed E-state index contributed by atoms with van der Waals surface area (Å²) in [4.78, 5) is 13.5. The monoisotopic (exact) mass is 291 g/mol. The van der Waals surface area contributed by atoms with Gasteiger partial charge >= 0.3 is 0 Å². The van der Waals surface area contributed by atoms with Gasteiger partial charge < -0.3 is 4.90 Å². The fourth-order valence-electron chi connectivity index (χ4n) is 1.99. The maximum absolute atomic E-state index is 11.7. The van der Waals surface area contributed by atoms with Gasteiger partial charge in [-0.15, -0.1) is 11.6 Å². The van der Waals surface area contributed by atoms with Crippen molar-refractivity contribution in [2.45, 2.75) is 13.0 Å². The summed E-state index contributed by atoms with van der Waals surface area (Å²) in [5, 5.41) is 1.04. The second-order valence-electron chi connectivity index (χ2n) is 4.21. The first-order valence-electron chi connectivity index (χ1n) is 5.38. The van der Waals surface area contributed by atoms with Crippen molar-refractivity contribution in [1.82, 2.24) is 4.90 Å². The number of benzene rings is 1. The van der Waals surface area contributed by atoms with Crippen molar-refractivity contribution < 1.29 is 4.79 Å². The molecule has 0 saturated carbocycles. The van der Waals surface area contributed by atoms with Gasteiger partial charge in [0.25, 0.3) is 0 Å². The number of alkyl halides is 1. The number of rotatable bonds is 3. The largest absolute Gasteiger partial charge is 0.338 e. The van der Waals surface area contributed by atoms with E-state index in [-0.39, 0.29) is 11.8 Å². The number of nitrogens with zero attached hydrogens (tertiary/aromatic N) is 1. The van der Waals surface area contributed by atoms with Crippen molar-refractivity contribution in [3.05, 3.63) is 33.8 Å². The van der Waals surface area contributed by atoms with Crippen LogP contribution in [0.5, 0.6) is 0 Å². The van der Waals surface area contributed by atoms with Crippen LogP contribution in [0.2, 0.25) is 10.0 Å². The van der Waals surface area contributed by atoms with Gasteiger partial charge in [0.15, 0.2) is 0 Å². The van der Waals surface area contributed by atoms with Crippen LogP contribution in [0, 0.1) is 5.92 Å². The van der Waals surface area contributed by atoms with Crippen molar-refractivity contribution >= 4 is 40.7 Å². The first-order valence-corrected chi connectivity index (χ1v) is 6.67. The number of carbonyl (C=O) groups is 1. The highest BCUT2D eigenvalue weighted by atomic mass is 35.5. The summed E-state index contributed by atoms with van der Waals surface area (Å²) in [6.07, 6.45) is 0.529. The Morgan fingerprint density at radius 1 is 1.35 bits per heavy atom. The second-order valence-corrected chi connectivity index (χ2v) is 5.31. The Labute approximate surface area is 115 Å². The lowest BCUT2D eigenvalue weighted by Gasteiger charge is -2.17. The fraction of sp³-hybridized carbons (Fsp3) is 0.417. The summed E-state index contributed by atoms with van der Waals surface area (Å²) in [5.41, 5.74) is 0.878. The molecule has 1 atom stereocenters. The van der Waals surface area contributed by atoms with Gasteiger partial charge in [0.1, 0.15) is 0 Å². The van der Waals surface area contributed by atoms with Gasteiger partial charge in [-0.1, -0.05) is 35.3 Å². The summed E-state index contributed by atoms with van der Waals surface area (Å²) in [6, 6.07) is 5.46. The van der Waals surface area contributed by atoms with Gasteiger partial charge in [-0.2, -0.15) is 0 Å². The number of hydrogen-bond donors (Lipinski definition) is 0. The van der Waals surface area contributed by atoms with E-state index in [9.17, 15) is 4.79 Å². The predicted octanol–water partition coefficient (Wildman–Crippen LogP) is 3.58. The summed E-state index contributed by atoms with van der Waals surface area (Å²) in [7, 11) is 0. The van der Waals surface area contributed by atoms with Crippen LogP contribution in [-0.4, -0.2) is 23.2 Å². The lowest BCUT2D eigenvalue weighted by atomic mass is 10.1. The van der Waals surface area contributed by atoms with Crippen LogP contribution in [0.4, 0.5) is 0 Å². The van der Waals surface area contributed by atoms with Crippen molar-refractivity contribution in [1.29, 1.82) is 0 Å². The molecule has 1 aliphatic heterocycles. The lowest BCUT2D eigenvalue weighted by molar-refractivity contribution is -0.128. The zero-order valence-corrected chi connectivity index (χ0v) is 11.4. The summed E-state index contributed by atoms with van der Waals surface area (Å²) in [5.74, 6) is 0.903. The van der Waals surface area contributed by atoms with Gasteiger partial charge in [-0.25, -0.2) is 0 Å². The third-order valence-corrected chi connectivity index (χ3v) is 4.20. The number of halogens is 3. The molecule has 0 aromatic heterocycles. The highest BCUT2D eigenvalue weighted by molar-refractivity contribution is 6.42. The SMILES string of the molecule is O=C1CC(CCl)CN1Cc1cccc(Cl)c1Cl. The quantitative estimate of drug-likeness (QED) is 0.780. The lowest BCUT2D eigenvalue weighted by Crippen LogP contribution is -2.24. The van der Waals surface area contributed by atoms with Crippen LogP contribution in [-0.2, 0) is 11.3 Å². The summed E-state index contributed by atoms with van der Waals surface area (Å²) >= 11 is 17.8. The number of amides is 1. The molecule has 5 heteroatoms. The Kier molecular flexibility index (Phi) is 4.18. The Bertz CT molecular complexity index is 436. The molecule has 92 valence electrons. The van der Waals surface area contributed by atoms with E-state index in [1.54, 1.807) is 11.0 Å². The first-order chi connectivity index (χ1) is 8.11. The molecule has 2 nitrogen and oxygen atoms in total. The second kappa shape index (κ2) is 5.47. The normalized spacial score (nSPS) is 20.1. The molecule has 1 amide bonds. The average molecular weight is 293 g/mol. The van der Waals surface area contributed by atoms with Crippen LogP contribution in [0.1, 0.15) is 12.0 Å². The number of carbonyl (C=O) groups excluding carboxylic acids is 1. The van der Waals surface area contributed by atoms with Crippen LogP contribution < -0.4 is 0 Å². The van der Waals surface area contributed by atoms with Crippen LogP contribution in [0.3, 0.4) is 0 Å². The molecule has 1 aromatic carbocycles. The molecule has 1 heterocycles. The molecule has 0 bridgehead atoms. The van der Waals surface area contributed by atoms with Crippen LogP contribution >= 0.6 is 34.8 Å². The van der Waals surface area contributed by atoms with Gasteiger partial charge in [-0.05, 0) is 17.5 Å². The van der Waals surface area contributed by atoms with E-state index >= 15 is 0 Å². The minimum atomic E-state index is 0.131. The van der Waals surface area contributed by atoms with Gasteiger partial charge in [0, 0.05) is 25.4 Å². The van der Waals surface area contributed by atoms with E-state index < -0.39 is 0 Å². The van der Waals surface area contributed by atoms with Crippen molar-refractivity contribution in [2.75, 3.05) is 12.4 Å². The van der Waals surface area contributed by atoms with E-state index in [1.165, 1.54) is 0 Å². The van der Waals surface area contributed by atoms with E-state index in [0.717, 1.165) is 5.56 Å². The highest BCUT2D eigenvalue weighted by Gasteiger charge is 2.29. The molecule has 0 spiro atoms.